The van der Waals surface area contributed by atoms with Crippen molar-refractivity contribution in [3.8, 4) is 5.75 Å². The summed E-state index contributed by atoms with van der Waals surface area (Å²) in [7, 11) is -2.79. The van der Waals surface area contributed by atoms with Gasteiger partial charge in [-0.2, -0.15) is 9.52 Å². The van der Waals surface area contributed by atoms with E-state index in [-0.39, 0.29) is 18.7 Å². The third-order valence-electron chi connectivity index (χ3n) is 3.60. The largest absolute Gasteiger partial charge is 0.573 e. The second-order valence-corrected chi connectivity index (χ2v) is 7.17. The van der Waals surface area contributed by atoms with Crippen LogP contribution in [0.15, 0.2) is 29.4 Å². The van der Waals surface area contributed by atoms with Crippen molar-refractivity contribution in [1.82, 2.24) is 24.9 Å². The first-order valence-electron chi connectivity index (χ1n) is 7.49. The zero-order chi connectivity index (χ0) is 19.8. The minimum absolute atomic E-state index is 0.107. The number of aromatic nitrogens is 4. The van der Waals surface area contributed by atoms with Crippen LogP contribution in [0.25, 0.3) is 0 Å². The van der Waals surface area contributed by atoms with E-state index >= 15 is 0 Å². The van der Waals surface area contributed by atoms with E-state index < -0.39 is 39.2 Å². The molecule has 1 N–H and O–H groups in total. The Morgan fingerprint density at radius 1 is 1.33 bits per heavy atom. The number of nitrogens with one attached hydrogen (secondary N) is 1. The standard InChI is InChI=1S/C13H13F3N6O4S/c1-21-18-12(17-20-21)27(24,25)19-10-5-6-22(11(10)23)8-3-2-4-9(7-8)26-13(14,15)16/h2-4,7,10,19H,5-6H2,1H3. The highest BCUT2D eigenvalue weighted by Gasteiger charge is 2.37. The Labute approximate surface area is 150 Å². The Morgan fingerprint density at radius 3 is 2.70 bits per heavy atom. The summed E-state index contributed by atoms with van der Waals surface area (Å²) in [4.78, 5) is 14.6. The number of carbonyl (C=O) groups excluding carboxylic acids is 1. The average Bonchev–Trinajstić information content (AvgIpc) is 3.13. The molecule has 2 aromatic rings. The number of rotatable bonds is 5. The summed E-state index contributed by atoms with van der Waals surface area (Å²) in [5.74, 6) is -1.10. The number of sulfonamides is 1. The molecule has 27 heavy (non-hydrogen) atoms. The van der Waals surface area contributed by atoms with E-state index in [1.807, 2.05) is 0 Å². The van der Waals surface area contributed by atoms with E-state index in [1.165, 1.54) is 24.1 Å². The zero-order valence-electron chi connectivity index (χ0n) is 13.7. The number of amides is 1. The van der Waals surface area contributed by atoms with Gasteiger partial charge in [-0.25, -0.2) is 8.42 Å². The first kappa shape index (κ1) is 19.0. The number of aryl methyl sites for hydroxylation is 1. The van der Waals surface area contributed by atoms with Gasteiger partial charge in [-0.3, -0.25) is 4.79 Å². The molecule has 0 saturated carbocycles. The first-order valence-corrected chi connectivity index (χ1v) is 8.97. The van der Waals surface area contributed by atoms with Gasteiger partial charge in [-0.1, -0.05) is 11.2 Å². The molecule has 1 saturated heterocycles. The van der Waals surface area contributed by atoms with Gasteiger partial charge in [0, 0.05) is 18.3 Å². The summed E-state index contributed by atoms with van der Waals surface area (Å²) < 4.78 is 67.4. The van der Waals surface area contributed by atoms with Crippen LogP contribution in [-0.4, -0.2) is 53.5 Å². The number of hydrogen-bond acceptors (Lipinski definition) is 7. The predicted molar refractivity (Wildman–Crippen MR) is 83.0 cm³/mol. The van der Waals surface area contributed by atoms with E-state index in [2.05, 4.69) is 24.9 Å². The van der Waals surface area contributed by atoms with E-state index in [9.17, 15) is 26.4 Å². The van der Waals surface area contributed by atoms with E-state index in [1.54, 1.807) is 0 Å². The summed E-state index contributed by atoms with van der Waals surface area (Å²) in [5.41, 5.74) is 0.154. The van der Waals surface area contributed by atoms with Crippen LogP contribution < -0.4 is 14.4 Å². The van der Waals surface area contributed by atoms with Gasteiger partial charge in [-0.15, -0.1) is 18.3 Å². The Hall–Kier alpha value is -2.74. The van der Waals surface area contributed by atoms with Crippen molar-refractivity contribution in [3.63, 3.8) is 0 Å². The number of carbonyl (C=O) groups is 1. The molecule has 1 aliphatic heterocycles. The van der Waals surface area contributed by atoms with Crippen molar-refractivity contribution in [2.45, 2.75) is 24.0 Å². The van der Waals surface area contributed by atoms with Gasteiger partial charge in [0.25, 0.3) is 10.0 Å². The summed E-state index contributed by atoms with van der Waals surface area (Å²) in [5, 5.41) is 9.78. The summed E-state index contributed by atoms with van der Waals surface area (Å²) >= 11 is 0. The minimum atomic E-state index is -4.87. The van der Waals surface area contributed by atoms with Crippen LogP contribution in [0.1, 0.15) is 6.42 Å². The van der Waals surface area contributed by atoms with Gasteiger partial charge < -0.3 is 9.64 Å². The fourth-order valence-electron chi connectivity index (χ4n) is 2.51. The molecular weight excluding hydrogens is 393 g/mol. The zero-order valence-corrected chi connectivity index (χ0v) is 14.5. The van der Waals surface area contributed by atoms with Gasteiger partial charge in [0.15, 0.2) is 0 Å². The molecule has 146 valence electrons. The number of anilines is 1. The van der Waals surface area contributed by atoms with Crippen LogP contribution in [0, 0.1) is 0 Å². The molecule has 1 aromatic carbocycles. The normalized spacial score (nSPS) is 18.1. The third kappa shape index (κ3) is 4.33. The number of halogens is 3. The number of ether oxygens (including phenoxy) is 1. The molecule has 2 heterocycles. The van der Waals surface area contributed by atoms with E-state index in [4.69, 9.17) is 0 Å². The molecule has 10 nitrogen and oxygen atoms in total. The third-order valence-corrected chi connectivity index (χ3v) is 4.83. The maximum atomic E-state index is 12.5. The molecular formula is C13H13F3N6O4S. The van der Waals surface area contributed by atoms with E-state index in [0.29, 0.717) is 0 Å². The van der Waals surface area contributed by atoms with Crippen LogP contribution in [-0.2, 0) is 21.9 Å². The molecule has 1 atom stereocenters. The number of nitrogens with zero attached hydrogens (tertiary/aromatic N) is 5. The molecule has 1 aromatic heterocycles. The van der Waals surface area contributed by atoms with Crippen LogP contribution in [0.4, 0.5) is 18.9 Å². The van der Waals surface area contributed by atoms with E-state index in [0.717, 1.165) is 16.9 Å². The maximum absolute atomic E-state index is 12.5. The molecule has 0 radical (unpaired) electrons. The molecule has 1 unspecified atom stereocenters. The Kier molecular flexibility index (Phi) is 4.77. The Balaban J connectivity index is 1.74. The smallest absolute Gasteiger partial charge is 0.406 e. The number of benzene rings is 1. The number of tetrazole rings is 1. The number of hydrogen-bond donors (Lipinski definition) is 1. The van der Waals surface area contributed by atoms with Crippen molar-refractivity contribution in [1.29, 1.82) is 0 Å². The molecule has 0 aliphatic carbocycles. The Morgan fingerprint density at radius 2 is 2.07 bits per heavy atom. The highest BCUT2D eigenvalue weighted by atomic mass is 32.2. The molecule has 1 fully saturated rings. The molecule has 1 aliphatic rings. The SMILES string of the molecule is Cn1nnc(S(=O)(=O)NC2CCN(c3cccc(OC(F)(F)F)c3)C2=O)n1. The van der Waals surface area contributed by atoms with Crippen molar-refractivity contribution in [3.05, 3.63) is 24.3 Å². The van der Waals surface area contributed by atoms with Gasteiger partial charge in [0.2, 0.25) is 5.91 Å². The van der Waals surface area contributed by atoms with Crippen LogP contribution in [0.2, 0.25) is 0 Å². The van der Waals surface area contributed by atoms with Gasteiger partial charge in [0.05, 0.1) is 7.05 Å². The molecule has 14 heteroatoms. The second-order valence-electron chi connectivity index (χ2n) is 5.56. The maximum Gasteiger partial charge on any atom is 0.573 e. The second kappa shape index (κ2) is 6.77. The molecule has 1 amide bonds. The fraction of sp³-hybridized carbons (Fsp3) is 0.385. The number of alkyl halides is 3. The summed E-state index contributed by atoms with van der Waals surface area (Å²) in [6.07, 6.45) is -4.75. The highest BCUT2D eigenvalue weighted by molar-refractivity contribution is 7.89. The van der Waals surface area contributed by atoms with Crippen LogP contribution in [0.5, 0.6) is 5.75 Å². The van der Waals surface area contributed by atoms with Crippen LogP contribution in [0.3, 0.4) is 0 Å². The minimum Gasteiger partial charge on any atom is -0.406 e. The van der Waals surface area contributed by atoms with Crippen molar-refractivity contribution < 1.29 is 31.1 Å². The molecule has 0 bridgehead atoms. The summed E-state index contributed by atoms with van der Waals surface area (Å²) in [6, 6.07) is 3.75. The predicted octanol–water partition coefficient (Wildman–Crippen LogP) is 0.193. The fourth-order valence-corrected chi connectivity index (χ4v) is 3.58. The van der Waals surface area contributed by atoms with Gasteiger partial charge in [-0.05, 0) is 23.8 Å². The Bertz CT molecular complexity index is 961. The van der Waals surface area contributed by atoms with Gasteiger partial charge >= 0.3 is 11.5 Å². The lowest BCUT2D eigenvalue weighted by molar-refractivity contribution is -0.274. The average molecular weight is 406 g/mol. The summed E-state index contributed by atoms with van der Waals surface area (Å²) in [6.45, 7) is 0.107. The van der Waals surface area contributed by atoms with Gasteiger partial charge in [0.1, 0.15) is 11.8 Å². The first-order chi connectivity index (χ1) is 12.5. The lowest BCUT2D eigenvalue weighted by Crippen LogP contribution is -2.41. The highest BCUT2D eigenvalue weighted by Crippen LogP contribution is 2.29. The molecule has 3 rings (SSSR count). The lowest BCUT2D eigenvalue weighted by Gasteiger charge is -2.18. The monoisotopic (exact) mass is 406 g/mol. The van der Waals surface area contributed by atoms with Crippen molar-refractivity contribution >= 4 is 21.6 Å². The molecule has 0 spiro atoms. The lowest BCUT2D eigenvalue weighted by atomic mass is 10.2. The van der Waals surface area contributed by atoms with Crippen molar-refractivity contribution in [2.24, 2.45) is 7.05 Å². The van der Waals surface area contributed by atoms with Crippen molar-refractivity contribution in [2.75, 3.05) is 11.4 Å². The topological polar surface area (TPSA) is 119 Å². The van der Waals surface area contributed by atoms with Crippen LogP contribution >= 0.6 is 0 Å². The quantitative estimate of drug-likeness (QED) is 0.753.